The number of hydrogen-bond donors (Lipinski definition) is 1. The maximum Gasteiger partial charge on any atom is 0.222 e. The highest BCUT2D eigenvalue weighted by Crippen LogP contribution is 2.18. The van der Waals surface area contributed by atoms with Crippen molar-refractivity contribution in [3.63, 3.8) is 0 Å². The lowest BCUT2D eigenvalue weighted by Gasteiger charge is -2.27. The average Bonchev–Trinajstić information content (AvgIpc) is 2.69. The zero-order valence-corrected chi connectivity index (χ0v) is 12.5. The molecular weight excluding hydrogens is 248 g/mol. The Hall–Kier alpha value is -1.35. The molecule has 110 valence electrons. The van der Waals surface area contributed by atoms with Crippen LogP contribution in [0.5, 0.6) is 0 Å². The molecule has 0 aliphatic carbocycles. The normalized spacial score (nSPS) is 17.9. The van der Waals surface area contributed by atoms with Crippen molar-refractivity contribution < 1.29 is 4.79 Å². The molecule has 0 saturated carbocycles. The Morgan fingerprint density at radius 2 is 2.00 bits per heavy atom. The van der Waals surface area contributed by atoms with E-state index in [0.717, 1.165) is 45.3 Å². The molecule has 1 unspecified atom stereocenters. The van der Waals surface area contributed by atoms with Crippen LogP contribution in [0.25, 0.3) is 0 Å². The van der Waals surface area contributed by atoms with Gasteiger partial charge in [0.2, 0.25) is 5.91 Å². The fraction of sp³-hybridized carbons (Fsp3) is 0.588. The number of nitrogens with one attached hydrogen (secondary N) is 1. The number of carbonyl (C=O) groups is 1. The summed E-state index contributed by atoms with van der Waals surface area (Å²) in [5.41, 5.74) is 1.28. The van der Waals surface area contributed by atoms with E-state index in [1.807, 2.05) is 11.0 Å². The predicted molar refractivity (Wildman–Crippen MR) is 82.5 cm³/mol. The third-order valence-corrected chi connectivity index (χ3v) is 3.92. The minimum atomic E-state index is 0.248. The first-order valence-corrected chi connectivity index (χ1v) is 7.87. The van der Waals surface area contributed by atoms with E-state index >= 15 is 0 Å². The first-order valence-electron chi connectivity index (χ1n) is 7.87. The molecule has 0 bridgehead atoms. The molecule has 0 radical (unpaired) electrons. The lowest BCUT2D eigenvalue weighted by atomic mass is 10.1. The van der Waals surface area contributed by atoms with E-state index in [2.05, 4.69) is 36.5 Å². The predicted octanol–water partition coefficient (Wildman–Crippen LogP) is 3.13. The number of carbonyl (C=O) groups excluding carboxylic acids is 1. The van der Waals surface area contributed by atoms with Crippen LogP contribution in [0.2, 0.25) is 0 Å². The van der Waals surface area contributed by atoms with Gasteiger partial charge in [-0.15, -0.1) is 0 Å². The molecule has 1 saturated heterocycles. The van der Waals surface area contributed by atoms with Crippen molar-refractivity contribution in [3.8, 4) is 0 Å². The van der Waals surface area contributed by atoms with Crippen molar-refractivity contribution >= 4 is 5.91 Å². The molecule has 1 fully saturated rings. The lowest BCUT2D eigenvalue weighted by molar-refractivity contribution is -0.131. The van der Waals surface area contributed by atoms with E-state index < -0.39 is 0 Å². The third kappa shape index (κ3) is 4.34. The van der Waals surface area contributed by atoms with Crippen molar-refractivity contribution in [1.29, 1.82) is 0 Å². The first-order chi connectivity index (χ1) is 9.81. The van der Waals surface area contributed by atoms with Crippen LogP contribution in [0.4, 0.5) is 0 Å². The Morgan fingerprint density at radius 1 is 1.20 bits per heavy atom. The number of nitrogens with zero attached hydrogens (tertiary/aromatic N) is 1. The van der Waals surface area contributed by atoms with E-state index in [9.17, 15) is 4.79 Å². The Morgan fingerprint density at radius 3 is 2.75 bits per heavy atom. The molecule has 1 N–H and O–H groups in total. The maximum absolute atomic E-state index is 12.2. The smallest absolute Gasteiger partial charge is 0.222 e. The van der Waals surface area contributed by atoms with Crippen molar-refractivity contribution in [3.05, 3.63) is 35.9 Å². The molecule has 1 aromatic rings. The van der Waals surface area contributed by atoms with Gasteiger partial charge in [0.25, 0.3) is 0 Å². The van der Waals surface area contributed by atoms with Gasteiger partial charge < -0.3 is 10.2 Å². The summed E-state index contributed by atoms with van der Waals surface area (Å²) in [6.45, 7) is 4.87. The molecule has 20 heavy (non-hydrogen) atoms. The molecule has 1 amide bonds. The zero-order chi connectivity index (χ0) is 14.2. The summed E-state index contributed by atoms with van der Waals surface area (Å²) in [6, 6.07) is 10.7. The summed E-state index contributed by atoms with van der Waals surface area (Å²) in [4.78, 5) is 14.2. The monoisotopic (exact) mass is 274 g/mol. The second kappa shape index (κ2) is 8.05. The van der Waals surface area contributed by atoms with Gasteiger partial charge in [-0.05, 0) is 31.4 Å². The maximum atomic E-state index is 12.2. The lowest BCUT2D eigenvalue weighted by Crippen LogP contribution is -2.39. The summed E-state index contributed by atoms with van der Waals surface area (Å²) in [5.74, 6) is 0.321. The van der Waals surface area contributed by atoms with E-state index in [0.29, 0.717) is 5.91 Å². The van der Waals surface area contributed by atoms with Gasteiger partial charge in [0, 0.05) is 25.6 Å². The summed E-state index contributed by atoms with van der Waals surface area (Å²) in [7, 11) is 0. The van der Waals surface area contributed by atoms with Crippen molar-refractivity contribution in [2.24, 2.45) is 0 Å². The van der Waals surface area contributed by atoms with Crippen LogP contribution < -0.4 is 5.32 Å². The van der Waals surface area contributed by atoms with Gasteiger partial charge in [-0.2, -0.15) is 0 Å². The van der Waals surface area contributed by atoms with Crippen LogP contribution in [0, 0.1) is 0 Å². The topological polar surface area (TPSA) is 32.3 Å². The highest BCUT2D eigenvalue weighted by molar-refractivity contribution is 5.76. The van der Waals surface area contributed by atoms with E-state index in [1.54, 1.807) is 0 Å². The minimum Gasteiger partial charge on any atom is -0.341 e. The van der Waals surface area contributed by atoms with Crippen molar-refractivity contribution in [2.75, 3.05) is 19.6 Å². The van der Waals surface area contributed by atoms with Crippen LogP contribution in [0.15, 0.2) is 30.3 Å². The van der Waals surface area contributed by atoms with Gasteiger partial charge in [-0.1, -0.05) is 43.7 Å². The molecule has 1 aromatic carbocycles. The largest absolute Gasteiger partial charge is 0.341 e. The first kappa shape index (κ1) is 15.0. The van der Waals surface area contributed by atoms with Gasteiger partial charge in [0.15, 0.2) is 0 Å². The molecule has 2 rings (SSSR count). The molecule has 1 aliphatic heterocycles. The molecule has 0 spiro atoms. The summed E-state index contributed by atoms with van der Waals surface area (Å²) in [6.07, 6.45) is 5.20. The summed E-state index contributed by atoms with van der Waals surface area (Å²) >= 11 is 0. The number of rotatable bonds is 6. The molecule has 1 heterocycles. The van der Waals surface area contributed by atoms with Gasteiger partial charge in [0.1, 0.15) is 0 Å². The van der Waals surface area contributed by atoms with Gasteiger partial charge in [-0.3, -0.25) is 4.79 Å². The third-order valence-electron chi connectivity index (χ3n) is 3.92. The Bertz CT molecular complexity index is 405. The zero-order valence-electron chi connectivity index (χ0n) is 12.5. The highest BCUT2D eigenvalue weighted by atomic mass is 16.2. The van der Waals surface area contributed by atoms with E-state index in [-0.39, 0.29) is 6.04 Å². The van der Waals surface area contributed by atoms with Crippen molar-refractivity contribution in [2.45, 2.75) is 45.1 Å². The molecule has 3 heteroatoms. The van der Waals surface area contributed by atoms with Crippen molar-refractivity contribution in [1.82, 2.24) is 10.2 Å². The summed E-state index contributed by atoms with van der Waals surface area (Å²) < 4.78 is 0. The highest BCUT2D eigenvalue weighted by Gasteiger charge is 2.21. The quantitative estimate of drug-likeness (QED) is 0.864. The Balaban J connectivity index is 2.04. The molecule has 1 aliphatic rings. The van der Waals surface area contributed by atoms with Gasteiger partial charge >= 0.3 is 0 Å². The number of benzene rings is 1. The Kier molecular flexibility index (Phi) is 6.06. The van der Waals surface area contributed by atoms with Gasteiger partial charge in [0.05, 0.1) is 0 Å². The Labute approximate surface area is 122 Å². The van der Waals surface area contributed by atoms with Crippen LogP contribution in [-0.4, -0.2) is 30.4 Å². The number of amides is 1. The number of hydrogen-bond acceptors (Lipinski definition) is 2. The van der Waals surface area contributed by atoms with Crippen LogP contribution in [0.3, 0.4) is 0 Å². The van der Waals surface area contributed by atoms with E-state index in [4.69, 9.17) is 0 Å². The second-order valence-electron chi connectivity index (χ2n) is 5.57. The fourth-order valence-electron chi connectivity index (χ4n) is 2.74. The van der Waals surface area contributed by atoms with Crippen LogP contribution >= 0.6 is 0 Å². The minimum absolute atomic E-state index is 0.248. The molecule has 3 nitrogen and oxygen atoms in total. The summed E-state index contributed by atoms with van der Waals surface area (Å²) in [5, 5.41) is 3.58. The molecular formula is C17H26N2O. The number of likely N-dealkylation sites (tertiary alicyclic amines) is 1. The van der Waals surface area contributed by atoms with Crippen LogP contribution in [0.1, 0.15) is 50.6 Å². The second-order valence-corrected chi connectivity index (χ2v) is 5.57. The average molecular weight is 274 g/mol. The van der Waals surface area contributed by atoms with Gasteiger partial charge in [-0.25, -0.2) is 0 Å². The SMILES string of the molecule is CCCNC(CN1CCCCCC1=O)c1ccccc1. The fourth-order valence-corrected chi connectivity index (χ4v) is 2.74. The standard InChI is InChI=1S/C17H26N2O/c1-2-12-18-16(15-9-5-3-6-10-15)14-19-13-8-4-7-11-17(19)20/h3,5-6,9-10,16,18H,2,4,7-8,11-14H2,1H3. The molecule has 0 aromatic heterocycles. The van der Waals surface area contributed by atoms with Crippen LogP contribution in [-0.2, 0) is 4.79 Å². The van der Waals surface area contributed by atoms with E-state index in [1.165, 1.54) is 12.0 Å². The molecule has 1 atom stereocenters.